The maximum atomic E-state index is 12.6. The van der Waals surface area contributed by atoms with Crippen LogP contribution < -0.4 is 15.4 Å². The Morgan fingerprint density at radius 2 is 2.00 bits per heavy atom. The molecular weight excluding hydrogens is 392 g/mol. The predicted octanol–water partition coefficient (Wildman–Crippen LogP) is 5.41. The lowest BCUT2D eigenvalue weighted by Crippen LogP contribution is -2.31. The molecule has 1 saturated heterocycles. The normalized spacial score (nSPS) is 17.8. The van der Waals surface area contributed by atoms with Gasteiger partial charge in [0.15, 0.2) is 5.50 Å². The van der Waals surface area contributed by atoms with Crippen LogP contribution in [0.5, 0.6) is 5.75 Å². The molecule has 28 heavy (non-hydrogen) atoms. The van der Waals surface area contributed by atoms with Crippen LogP contribution in [0.25, 0.3) is 16.8 Å². The largest absolute Gasteiger partial charge is 0.496 e. The molecule has 0 aromatic heterocycles. The molecule has 2 N–H and O–H groups in total. The minimum absolute atomic E-state index is 0.114. The zero-order valence-electron chi connectivity index (χ0n) is 15.5. The number of carbonyl (C=O) groups is 1. The summed E-state index contributed by atoms with van der Waals surface area (Å²) in [5.74, 6) is 0.624. The van der Waals surface area contributed by atoms with Crippen LogP contribution in [-0.4, -0.2) is 18.5 Å². The van der Waals surface area contributed by atoms with Gasteiger partial charge in [-0.3, -0.25) is 4.79 Å². The van der Waals surface area contributed by atoms with Crippen LogP contribution >= 0.6 is 23.4 Å². The van der Waals surface area contributed by atoms with Gasteiger partial charge in [-0.25, -0.2) is 0 Å². The summed E-state index contributed by atoms with van der Waals surface area (Å²) in [5.41, 5.74) is 2.59. The van der Waals surface area contributed by atoms with Crippen molar-refractivity contribution in [1.82, 2.24) is 5.32 Å². The number of hydrogen-bond acceptors (Lipinski definition) is 4. The molecule has 6 heteroatoms. The van der Waals surface area contributed by atoms with Crippen LogP contribution in [0.4, 0.5) is 5.69 Å². The quantitative estimate of drug-likeness (QED) is 0.564. The second kappa shape index (κ2) is 7.78. The van der Waals surface area contributed by atoms with Crippen molar-refractivity contribution in [1.29, 1.82) is 0 Å². The first-order chi connectivity index (χ1) is 13.5. The fraction of sp³-hybridized carbons (Fsp3) is 0.136. The third-order valence-corrected chi connectivity index (χ3v) is 5.91. The molecule has 4 nitrogen and oxygen atoms in total. The maximum absolute atomic E-state index is 12.6. The molecule has 0 radical (unpaired) electrons. The van der Waals surface area contributed by atoms with Crippen LogP contribution in [0.3, 0.4) is 0 Å². The van der Waals surface area contributed by atoms with Crippen molar-refractivity contribution in [3.05, 3.63) is 75.7 Å². The first kappa shape index (κ1) is 18.7. The van der Waals surface area contributed by atoms with Crippen LogP contribution in [0, 0.1) is 6.92 Å². The van der Waals surface area contributed by atoms with Gasteiger partial charge in [-0.05, 0) is 47.5 Å². The molecule has 3 aromatic rings. The van der Waals surface area contributed by atoms with Gasteiger partial charge in [0.1, 0.15) is 5.75 Å². The lowest BCUT2D eigenvalue weighted by Gasteiger charge is -2.15. The Morgan fingerprint density at radius 3 is 2.82 bits per heavy atom. The van der Waals surface area contributed by atoms with E-state index in [0.717, 1.165) is 33.3 Å². The third-order valence-electron chi connectivity index (χ3n) is 4.64. The first-order valence-corrected chi connectivity index (χ1v) is 10.1. The van der Waals surface area contributed by atoms with Crippen LogP contribution in [-0.2, 0) is 4.79 Å². The zero-order valence-corrected chi connectivity index (χ0v) is 17.0. The average molecular weight is 411 g/mol. The number of halogens is 1. The minimum Gasteiger partial charge on any atom is -0.496 e. The standard InChI is InChI=1S/C22H19ClN2O2S/c1-13-7-9-15(23)11-18(13)24-22-25-21(26)20(28-22)12-17-16-6-4-3-5-14(16)8-10-19(17)27-2/h3-12,22,24H,1-2H3,(H,25,26)/b20-12-. The molecule has 1 atom stereocenters. The van der Waals surface area contributed by atoms with Crippen molar-refractivity contribution in [2.45, 2.75) is 12.4 Å². The summed E-state index contributed by atoms with van der Waals surface area (Å²) >= 11 is 7.54. The summed E-state index contributed by atoms with van der Waals surface area (Å²) in [6.45, 7) is 2.00. The van der Waals surface area contributed by atoms with Crippen LogP contribution in [0.15, 0.2) is 59.5 Å². The number of nitrogens with one attached hydrogen (secondary N) is 2. The van der Waals surface area contributed by atoms with E-state index in [2.05, 4.69) is 10.6 Å². The van der Waals surface area contributed by atoms with Gasteiger partial charge in [0.2, 0.25) is 0 Å². The van der Waals surface area contributed by atoms with Crippen LogP contribution in [0.1, 0.15) is 11.1 Å². The van der Waals surface area contributed by atoms with E-state index >= 15 is 0 Å². The SMILES string of the molecule is COc1ccc2ccccc2c1/C=C1\SC(Nc2cc(Cl)ccc2C)NC1=O. The molecule has 1 fully saturated rings. The van der Waals surface area contributed by atoms with Crippen LogP contribution in [0.2, 0.25) is 5.02 Å². The molecule has 1 unspecified atom stereocenters. The van der Waals surface area contributed by atoms with E-state index < -0.39 is 0 Å². The second-order valence-corrected chi connectivity index (χ2v) is 8.07. The summed E-state index contributed by atoms with van der Waals surface area (Å²) in [5, 5.41) is 9.10. The topological polar surface area (TPSA) is 50.4 Å². The molecular formula is C22H19ClN2O2S. The van der Waals surface area contributed by atoms with Gasteiger partial charge >= 0.3 is 0 Å². The third kappa shape index (κ3) is 3.68. The highest BCUT2D eigenvalue weighted by Gasteiger charge is 2.28. The van der Waals surface area contributed by atoms with Crippen molar-refractivity contribution in [3.8, 4) is 5.75 Å². The fourth-order valence-electron chi connectivity index (χ4n) is 3.19. The number of benzene rings is 3. The van der Waals surface area contributed by atoms with E-state index in [0.29, 0.717) is 9.93 Å². The van der Waals surface area contributed by atoms with Gasteiger partial charge in [-0.1, -0.05) is 59.8 Å². The lowest BCUT2D eigenvalue weighted by atomic mass is 10.0. The summed E-state index contributed by atoms with van der Waals surface area (Å²) in [6, 6.07) is 17.7. The van der Waals surface area contributed by atoms with Gasteiger partial charge in [-0.15, -0.1) is 0 Å². The predicted molar refractivity (Wildman–Crippen MR) is 118 cm³/mol. The molecule has 3 aromatic carbocycles. The van der Waals surface area contributed by atoms with E-state index in [-0.39, 0.29) is 11.4 Å². The van der Waals surface area contributed by atoms with E-state index in [1.165, 1.54) is 11.8 Å². The minimum atomic E-state index is -0.267. The van der Waals surface area contributed by atoms with Crippen molar-refractivity contribution >= 4 is 51.8 Å². The molecule has 142 valence electrons. The van der Waals surface area contributed by atoms with E-state index in [9.17, 15) is 4.79 Å². The van der Waals surface area contributed by atoms with E-state index in [1.54, 1.807) is 7.11 Å². The Kier molecular flexibility index (Phi) is 5.20. The number of carbonyl (C=O) groups excluding carboxylic acids is 1. The Hall–Kier alpha value is -2.63. The fourth-order valence-corrected chi connectivity index (χ4v) is 4.32. The summed E-state index contributed by atoms with van der Waals surface area (Å²) < 4.78 is 5.53. The second-order valence-electron chi connectivity index (χ2n) is 6.49. The number of fused-ring (bicyclic) bond motifs is 1. The molecule has 1 heterocycles. The molecule has 0 aliphatic carbocycles. The van der Waals surface area contributed by atoms with Gasteiger partial charge in [0.25, 0.3) is 5.91 Å². The first-order valence-electron chi connectivity index (χ1n) is 8.83. The number of anilines is 1. The summed E-state index contributed by atoms with van der Waals surface area (Å²) in [4.78, 5) is 13.2. The summed E-state index contributed by atoms with van der Waals surface area (Å²) in [7, 11) is 1.64. The summed E-state index contributed by atoms with van der Waals surface area (Å²) in [6.07, 6.45) is 1.90. The Labute approximate surface area is 172 Å². The highest BCUT2D eigenvalue weighted by molar-refractivity contribution is 8.05. The van der Waals surface area contributed by atoms with Crippen molar-refractivity contribution in [3.63, 3.8) is 0 Å². The lowest BCUT2D eigenvalue weighted by molar-refractivity contribution is -0.116. The monoisotopic (exact) mass is 410 g/mol. The zero-order chi connectivity index (χ0) is 19.7. The number of amides is 1. The molecule has 1 amide bonds. The highest BCUT2D eigenvalue weighted by Crippen LogP contribution is 2.36. The highest BCUT2D eigenvalue weighted by atomic mass is 35.5. The number of rotatable bonds is 4. The van der Waals surface area contributed by atoms with Gasteiger partial charge in [-0.2, -0.15) is 0 Å². The Balaban J connectivity index is 1.65. The smallest absolute Gasteiger partial charge is 0.260 e. The van der Waals surface area contributed by atoms with Gasteiger partial charge in [0, 0.05) is 16.3 Å². The van der Waals surface area contributed by atoms with Gasteiger partial charge < -0.3 is 15.4 Å². The van der Waals surface area contributed by atoms with Crippen molar-refractivity contribution < 1.29 is 9.53 Å². The van der Waals surface area contributed by atoms with E-state index in [4.69, 9.17) is 16.3 Å². The van der Waals surface area contributed by atoms with Crippen molar-refractivity contribution in [2.75, 3.05) is 12.4 Å². The van der Waals surface area contributed by atoms with Crippen molar-refractivity contribution in [2.24, 2.45) is 0 Å². The number of thioether (sulfide) groups is 1. The molecule has 1 aliphatic rings. The number of methoxy groups -OCH3 is 1. The number of ether oxygens (including phenoxy) is 1. The van der Waals surface area contributed by atoms with Gasteiger partial charge in [0.05, 0.1) is 12.0 Å². The molecule has 0 saturated carbocycles. The number of hydrogen-bond donors (Lipinski definition) is 2. The molecule has 0 spiro atoms. The molecule has 0 bridgehead atoms. The molecule has 1 aliphatic heterocycles. The molecule has 4 rings (SSSR count). The average Bonchev–Trinajstić information content (AvgIpc) is 3.04. The maximum Gasteiger partial charge on any atom is 0.260 e. The number of aryl methyl sites for hydroxylation is 1. The Bertz CT molecular complexity index is 1100. The van der Waals surface area contributed by atoms with E-state index in [1.807, 2.05) is 67.6 Å². The Morgan fingerprint density at radius 1 is 1.18 bits per heavy atom.